The van der Waals surface area contributed by atoms with Crippen LogP contribution in [0.25, 0.3) is 10.8 Å². The zero-order valence-electron chi connectivity index (χ0n) is 12.7. The molecule has 0 bridgehead atoms. The lowest BCUT2D eigenvalue weighted by molar-refractivity contribution is 0.101. The molecule has 4 rings (SSSR count). The molecule has 0 radical (unpaired) electrons. The Morgan fingerprint density at radius 1 is 1.17 bits per heavy atom. The number of hydrogen-bond acceptors (Lipinski definition) is 2. The maximum atomic E-state index is 12.7. The molecule has 2 aromatic rings. The third kappa shape index (κ3) is 2.52. The van der Waals surface area contributed by atoms with Crippen LogP contribution < -0.4 is 5.32 Å². The van der Waals surface area contributed by atoms with E-state index in [1.54, 1.807) is 0 Å². The third-order valence-electron chi connectivity index (χ3n) is 5.17. The number of likely N-dealkylation sites (tertiary alicyclic amines) is 1. The fourth-order valence-corrected chi connectivity index (χ4v) is 4.69. The number of aliphatic hydroxyl groups is 1. The van der Waals surface area contributed by atoms with E-state index in [2.05, 4.69) is 21.2 Å². The number of nitrogens with one attached hydrogen (secondary N) is 1. The van der Waals surface area contributed by atoms with Crippen molar-refractivity contribution in [3.8, 4) is 0 Å². The predicted octanol–water partition coefficient (Wildman–Crippen LogP) is 3.98. The number of urea groups is 1. The van der Waals surface area contributed by atoms with Gasteiger partial charge in [-0.3, -0.25) is 0 Å². The first-order chi connectivity index (χ1) is 11.1. The first kappa shape index (κ1) is 15.0. The summed E-state index contributed by atoms with van der Waals surface area (Å²) in [6.07, 6.45) is 2.44. The highest BCUT2D eigenvalue weighted by Gasteiger charge is 2.45. The lowest BCUT2D eigenvalue weighted by atomic mass is 10.0. The number of benzene rings is 2. The Labute approximate surface area is 143 Å². The van der Waals surface area contributed by atoms with Crippen LogP contribution in [0.15, 0.2) is 40.9 Å². The minimum absolute atomic E-state index is 0.0200. The maximum Gasteiger partial charge on any atom is 0.322 e. The van der Waals surface area contributed by atoms with Crippen LogP contribution in [-0.4, -0.2) is 34.7 Å². The molecule has 2 fully saturated rings. The van der Waals surface area contributed by atoms with Gasteiger partial charge in [0.1, 0.15) is 0 Å². The van der Waals surface area contributed by atoms with Crippen LogP contribution in [0.1, 0.15) is 19.3 Å². The fraction of sp³-hybridized carbons (Fsp3) is 0.389. The number of rotatable bonds is 1. The van der Waals surface area contributed by atoms with Crippen LogP contribution in [0, 0.1) is 5.92 Å². The normalized spacial score (nSPS) is 26.5. The Morgan fingerprint density at radius 2 is 1.96 bits per heavy atom. The predicted molar refractivity (Wildman–Crippen MR) is 94.5 cm³/mol. The minimum Gasteiger partial charge on any atom is -0.391 e. The van der Waals surface area contributed by atoms with Crippen LogP contribution in [0.2, 0.25) is 0 Å². The highest BCUT2D eigenvalue weighted by atomic mass is 79.9. The van der Waals surface area contributed by atoms with Crippen molar-refractivity contribution >= 4 is 38.4 Å². The molecule has 0 aromatic heterocycles. The first-order valence-electron chi connectivity index (χ1n) is 8.08. The van der Waals surface area contributed by atoms with Gasteiger partial charge in [-0.1, -0.05) is 40.2 Å². The molecule has 5 heteroatoms. The summed E-state index contributed by atoms with van der Waals surface area (Å²) in [5.74, 6) is 0.454. The topological polar surface area (TPSA) is 52.6 Å². The number of fused-ring (bicyclic) bond motifs is 2. The molecule has 2 N–H and O–H groups in total. The van der Waals surface area contributed by atoms with Gasteiger partial charge in [-0.2, -0.15) is 0 Å². The van der Waals surface area contributed by atoms with Crippen LogP contribution in [0.3, 0.4) is 0 Å². The van der Waals surface area contributed by atoms with E-state index in [-0.39, 0.29) is 18.2 Å². The number of amides is 2. The second-order valence-corrected chi connectivity index (χ2v) is 7.31. The van der Waals surface area contributed by atoms with Gasteiger partial charge >= 0.3 is 6.03 Å². The first-order valence-corrected chi connectivity index (χ1v) is 8.87. The van der Waals surface area contributed by atoms with Gasteiger partial charge in [-0.15, -0.1) is 0 Å². The fourth-order valence-electron chi connectivity index (χ4n) is 4.10. The summed E-state index contributed by atoms with van der Waals surface area (Å²) in [5, 5.41) is 15.3. The van der Waals surface area contributed by atoms with Crippen molar-refractivity contribution in [2.75, 3.05) is 11.9 Å². The van der Waals surface area contributed by atoms with Gasteiger partial charge in [0, 0.05) is 16.4 Å². The van der Waals surface area contributed by atoms with Crippen LogP contribution >= 0.6 is 15.9 Å². The highest BCUT2D eigenvalue weighted by Crippen LogP contribution is 2.38. The molecule has 120 valence electrons. The van der Waals surface area contributed by atoms with Crippen LogP contribution in [0.4, 0.5) is 10.5 Å². The molecule has 2 aromatic carbocycles. The van der Waals surface area contributed by atoms with Crippen LogP contribution in [-0.2, 0) is 0 Å². The number of halogens is 1. The van der Waals surface area contributed by atoms with E-state index in [1.165, 1.54) is 0 Å². The average molecular weight is 375 g/mol. The van der Waals surface area contributed by atoms with Gasteiger partial charge in [0.05, 0.1) is 17.8 Å². The third-order valence-corrected chi connectivity index (χ3v) is 5.83. The zero-order chi connectivity index (χ0) is 16.0. The van der Waals surface area contributed by atoms with E-state index in [0.717, 1.165) is 46.7 Å². The standard InChI is InChI=1S/C18H19BrN2O2/c19-13-5-1-3-11-4-2-6-14(16(11)13)20-18(23)21-10-9-12-7-8-15(22)17(12)21/h1-6,12,15,17,22H,7-10H2,(H,20,23)/t12-,15+,17+/m0/s1. The van der Waals surface area contributed by atoms with Crippen molar-refractivity contribution in [3.05, 3.63) is 40.9 Å². The molecule has 1 saturated heterocycles. The van der Waals surface area contributed by atoms with Gasteiger partial charge in [-0.05, 0) is 42.7 Å². The van der Waals surface area contributed by atoms with E-state index in [9.17, 15) is 9.90 Å². The lowest BCUT2D eigenvalue weighted by Gasteiger charge is -2.27. The SMILES string of the molecule is O=C(Nc1cccc2cccc(Br)c12)N1CC[C@@H]2CC[C@@H](O)[C@@H]21. The second-order valence-electron chi connectivity index (χ2n) is 6.45. The van der Waals surface area contributed by atoms with Gasteiger partial charge < -0.3 is 15.3 Å². The quantitative estimate of drug-likeness (QED) is 0.792. The van der Waals surface area contributed by atoms with Crippen molar-refractivity contribution in [2.45, 2.75) is 31.4 Å². The van der Waals surface area contributed by atoms with E-state index < -0.39 is 0 Å². The Hall–Kier alpha value is -1.59. The van der Waals surface area contributed by atoms with Crippen molar-refractivity contribution in [1.82, 2.24) is 4.90 Å². The van der Waals surface area contributed by atoms with E-state index >= 15 is 0 Å². The van der Waals surface area contributed by atoms with Gasteiger partial charge in [0.25, 0.3) is 0 Å². The summed E-state index contributed by atoms with van der Waals surface area (Å²) in [7, 11) is 0. The molecular weight excluding hydrogens is 356 g/mol. The van der Waals surface area contributed by atoms with Crippen molar-refractivity contribution < 1.29 is 9.90 Å². The van der Waals surface area contributed by atoms with Gasteiger partial charge in [0.15, 0.2) is 0 Å². The Bertz CT molecular complexity index is 759. The Morgan fingerprint density at radius 3 is 2.78 bits per heavy atom. The molecule has 4 nitrogen and oxygen atoms in total. The van der Waals surface area contributed by atoms with Gasteiger partial charge in [-0.25, -0.2) is 4.79 Å². The summed E-state index contributed by atoms with van der Waals surface area (Å²) in [6.45, 7) is 0.726. The van der Waals surface area contributed by atoms with Crippen molar-refractivity contribution in [1.29, 1.82) is 0 Å². The zero-order valence-corrected chi connectivity index (χ0v) is 14.3. The van der Waals surface area contributed by atoms with E-state index in [1.807, 2.05) is 41.3 Å². The van der Waals surface area contributed by atoms with E-state index in [0.29, 0.717) is 5.92 Å². The number of hydrogen-bond donors (Lipinski definition) is 2. The summed E-state index contributed by atoms with van der Waals surface area (Å²) in [6, 6.07) is 11.8. The molecule has 1 saturated carbocycles. The molecule has 23 heavy (non-hydrogen) atoms. The smallest absolute Gasteiger partial charge is 0.322 e. The molecule has 1 aliphatic heterocycles. The molecule has 2 amide bonds. The average Bonchev–Trinajstić information content (AvgIpc) is 3.11. The molecule has 0 unspecified atom stereocenters. The monoisotopic (exact) mass is 374 g/mol. The summed E-state index contributed by atoms with van der Waals surface area (Å²) < 4.78 is 0.964. The number of carbonyl (C=O) groups excluding carboxylic acids is 1. The van der Waals surface area contributed by atoms with Crippen molar-refractivity contribution in [3.63, 3.8) is 0 Å². The largest absolute Gasteiger partial charge is 0.391 e. The Balaban J connectivity index is 1.62. The van der Waals surface area contributed by atoms with E-state index in [4.69, 9.17) is 0 Å². The molecular formula is C18H19BrN2O2. The maximum absolute atomic E-state index is 12.7. The summed E-state index contributed by atoms with van der Waals surface area (Å²) in [5.41, 5.74) is 0.802. The molecule has 3 atom stereocenters. The summed E-state index contributed by atoms with van der Waals surface area (Å²) >= 11 is 3.57. The van der Waals surface area contributed by atoms with Crippen LogP contribution in [0.5, 0.6) is 0 Å². The number of aliphatic hydroxyl groups excluding tert-OH is 1. The second kappa shape index (κ2) is 5.80. The van der Waals surface area contributed by atoms with Gasteiger partial charge in [0.2, 0.25) is 0 Å². The highest BCUT2D eigenvalue weighted by molar-refractivity contribution is 9.10. The summed E-state index contributed by atoms with van der Waals surface area (Å²) in [4.78, 5) is 14.6. The molecule has 0 spiro atoms. The molecule has 1 aliphatic carbocycles. The number of carbonyl (C=O) groups is 1. The lowest BCUT2D eigenvalue weighted by Crippen LogP contribution is -2.44. The number of nitrogens with zero attached hydrogens (tertiary/aromatic N) is 1. The number of anilines is 1. The molecule has 1 heterocycles. The Kier molecular flexibility index (Phi) is 3.77. The van der Waals surface area contributed by atoms with Crippen molar-refractivity contribution in [2.24, 2.45) is 5.92 Å². The minimum atomic E-state index is -0.382. The molecule has 2 aliphatic rings.